The van der Waals surface area contributed by atoms with Crippen molar-refractivity contribution in [2.75, 3.05) is 0 Å². The molecule has 90 valence electrons. The molecule has 0 bridgehead atoms. The van der Waals surface area contributed by atoms with Crippen LogP contribution in [-0.4, -0.2) is 25.4 Å². The van der Waals surface area contributed by atoms with E-state index in [0.717, 1.165) is 0 Å². The Bertz CT molecular complexity index is 407. The fourth-order valence-electron chi connectivity index (χ4n) is 1.74. The molecule has 0 radical (unpaired) electrons. The van der Waals surface area contributed by atoms with E-state index in [0.29, 0.717) is 11.6 Å². The Kier molecular flexibility index (Phi) is 3.80. The maximum Gasteiger partial charge on any atom is 0.251 e. The van der Waals surface area contributed by atoms with E-state index in [1.165, 1.54) is 24.0 Å². The lowest BCUT2D eigenvalue weighted by atomic mass is 9.96. The van der Waals surface area contributed by atoms with E-state index in [2.05, 4.69) is 9.97 Å². The molecule has 5 heteroatoms. The Morgan fingerprint density at radius 2 is 2.06 bits per heavy atom. The summed E-state index contributed by atoms with van der Waals surface area (Å²) in [5.74, 6) is 0. The van der Waals surface area contributed by atoms with Gasteiger partial charge in [0.15, 0.2) is 5.16 Å². The van der Waals surface area contributed by atoms with Gasteiger partial charge in [0.1, 0.15) is 0 Å². The lowest BCUT2D eigenvalue weighted by molar-refractivity contribution is 0.0629. The molecule has 0 atom stereocenters. The molecule has 0 aliphatic heterocycles. The molecule has 0 aliphatic rings. The maximum absolute atomic E-state index is 11.1. The molecular formula is C11H18N2O2S. The maximum atomic E-state index is 11.1. The predicted octanol–water partition coefficient (Wildman–Crippen LogP) is 1.80. The van der Waals surface area contributed by atoms with E-state index in [1.807, 2.05) is 13.8 Å². The second-order valence-electron chi connectivity index (χ2n) is 5.09. The molecule has 0 unspecified atom stereocenters. The average Bonchev–Trinajstić information content (AvgIpc) is 1.96. The number of hydrogen-bond donors (Lipinski definition) is 2. The van der Waals surface area contributed by atoms with Crippen molar-refractivity contribution >= 4 is 11.8 Å². The molecule has 0 saturated carbocycles. The van der Waals surface area contributed by atoms with Crippen molar-refractivity contribution in [1.82, 2.24) is 9.97 Å². The van der Waals surface area contributed by atoms with Crippen LogP contribution in [0.4, 0.5) is 0 Å². The second-order valence-corrected chi connectivity index (χ2v) is 6.79. The topological polar surface area (TPSA) is 66.0 Å². The van der Waals surface area contributed by atoms with Crippen molar-refractivity contribution in [1.29, 1.82) is 0 Å². The van der Waals surface area contributed by atoms with E-state index in [1.54, 1.807) is 13.8 Å². The highest BCUT2D eigenvalue weighted by molar-refractivity contribution is 8.00. The first-order valence-corrected chi connectivity index (χ1v) is 5.96. The van der Waals surface area contributed by atoms with Gasteiger partial charge in [0.05, 0.1) is 5.60 Å². The zero-order valence-electron chi connectivity index (χ0n) is 10.1. The van der Waals surface area contributed by atoms with Gasteiger partial charge in [-0.25, -0.2) is 4.98 Å². The van der Waals surface area contributed by atoms with Crippen LogP contribution in [0.1, 0.15) is 34.1 Å². The Labute approximate surface area is 99.5 Å². The largest absolute Gasteiger partial charge is 0.390 e. The average molecular weight is 242 g/mol. The summed E-state index contributed by atoms with van der Waals surface area (Å²) in [7, 11) is 0. The van der Waals surface area contributed by atoms with E-state index in [4.69, 9.17) is 0 Å². The summed E-state index contributed by atoms with van der Waals surface area (Å²) in [5, 5.41) is 10.4. The van der Waals surface area contributed by atoms with Crippen LogP contribution in [0.15, 0.2) is 22.2 Å². The lowest BCUT2D eigenvalue weighted by Crippen LogP contribution is -2.30. The molecule has 0 saturated heterocycles. The first kappa shape index (κ1) is 13.3. The van der Waals surface area contributed by atoms with E-state index in [-0.39, 0.29) is 10.3 Å². The molecule has 0 aromatic carbocycles. The van der Waals surface area contributed by atoms with Gasteiger partial charge in [0, 0.05) is 17.0 Å². The molecule has 4 nitrogen and oxygen atoms in total. The van der Waals surface area contributed by atoms with Gasteiger partial charge < -0.3 is 10.1 Å². The zero-order chi connectivity index (χ0) is 12.4. The number of thioether (sulfide) groups is 1. The van der Waals surface area contributed by atoms with Crippen molar-refractivity contribution < 1.29 is 5.11 Å². The summed E-state index contributed by atoms with van der Waals surface area (Å²) in [4.78, 5) is 17.8. The number of aromatic nitrogens is 2. The van der Waals surface area contributed by atoms with Gasteiger partial charge in [0.2, 0.25) is 0 Å². The van der Waals surface area contributed by atoms with Crippen LogP contribution in [0.2, 0.25) is 0 Å². The van der Waals surface area contributed by atoms with Gasteiger partial charge in [0.25, 0.3) is 5.56 Å². The van der Waals surface area contributed by atoms with Crippen LogP contribution in [-0.2, 0) is 0 Å². The molecule has 1 aromatic heterocycles. The first-order valence-electron chi connectivity index (χ1n) is 5.15. The fraction of sp³-hybridized carbons (Fsp3) is 0.636. The van der Waals surface area contributed by atoms with Crippen molar-refractivity contribution in [3.05, 3.63) is 22.6 Å². The molecule has 0 spiro atoms. The number of hydrogen-bond acceptors (Lipinski definition) is 4. The molecule has 1 rings (SSSR count). The van der Waals surface area contributed by atoms with Gasteiger partial charge in [-0.3, -0.25) is 4.79 Å². The first-order chi connectivity index (χ1) is 7.18. The van der Waals surface area contributed by atoms with Crippen molar-refractivity contribution in [3.63, 3.8) is 0 Å². The summed E-state index contributed by atoms with van der Waals surface area (Å²) in [6.07, 6.45) is 2.10. The highest BCUT2D eigenvalue weighted by Crippen LogP contribution is 2.35. The van der Waals surface area contributed by atoms with E-state index in [9.17, 15) is 9.90 Å². The molecule has 0 amide bonds. The monoisotopic (exact) mass is 242 g/mol. The van der Waals surface area contributed by atoms with Crippen molar-refractivity contribution in [2.45, 2.75) is 49.6 Å². The van der Waals surface area contributed by atoms with Gasteiger partial charge in [-0.2, -0.15) is 0 Å². The predicted molar refractivity (Wildman–Crippen MR) is 65.7 cm³/mol. The van der Waals surface area contributed by atoms with Gasteiger partial charge in [-0.15, -0.1) is 0 Å². The van der Waals surface area contributed by atoms with Crippen LogP contribution in [0.5, 0.6) is 0 Å². The molecule has 0 fully saturated rings. The lowest BCUT2D eigenvalue weighted by Gasteiger charge is -2.30. The quantitative estimate of drug-likeness (QED) is 0.624. The minimum atomic E-state index is -0.731. The van der Waals surface area contributed by atoms with Crippen LogP contribution < -0.4 is 5.56 Å². The van der Waals surface area contributed by atoms with Crippen LogP contribution >= 0.6 is 11.8 Å². The minimum absolute atomic E-state index is 0.156. The molecule has 16 heavy (non-hydrogen) atoms. The third-order valence-electron chi connectivity index (χ3n) is 1.88. The van der Waals surface area contributed by atoms with Crippen LogP contribution in [0.3, 0.4) is 0 Å². The van der Waals surface area contributed by atoms with Gasteiger partial charge in [-0.1, -0.05) is 25.6 Å². The van der Waals surface area contributed by atoms with Crippen molar-refractivity contribution in [2.24, 2.45) is 0 Å². The number of aromatic amines is 1. The minimum Gasteiger partial charge on any atom is -0.390 e. The molecular weight excluding hydrogens is 224 g/mol. The molecule has 0 aliphatic carbocycles. The Morgan fingerprint density at radius 1 is 1.44 bits per heavy atom. The third-order valence-corrected chi connectivity index (χ3v) is 2.98. The van der Waals surface area contributed by atoms with E-state index >= 15 is 0 Å². The summed E-state index contributed by atoms with van der Waals surface area (Å²) >= 11 is 1.46. The number of H-pyrrole nitrogens is 1. The number of nitrogens with zero attached hydrogens (tertiary/aromatic N) is 1. The standard InChI is InChI=1S/C11H18N2O2S/c1-10(2,15)7-11(3,4)16-9-12-6-5-8(14)13-9/h5-6,15H,7H2,1-4H3,(H,12,13,14). The molecule has 1 aromatic rings. The highest BCUT2D eigenvalue weighted by Gasteiger charge is 2.28. The summed E-state index contributed by atoms with van der Waals surface area (Å²) in [6.45, 7) is 7.58. The van der Waals surface area contributed by atoms with Crippen LogP contribution in [0, 0.1) is 0 Å². The summed E-state index contributed by atoms with van der Waals surface area (Å²) in [6, 6.07) is 1.38. The highest BCUT2D eigenvalue weighted by atomic mass is 32.2. The normalized spacial score (nSPS) is 12.8. The number of aliphatic hydroxyl groups is 1. The summed E-state index contributed by atoms with van der Waals surface area (Å²) < 4.78 is -0.185. The Hall–Kier alpha value is -0.810. The SMILES string of the molecule is CC(C)(O)CC(C)(C)Sc1nccc(=O)[nH]1. The van der Waals surface area contributed by atoms with Crippen LogP contribution in [0.25, 0.3) is 0 Å². The third kappa shape index (κ3) is 4.81. The fourth-order valence-corrected chi connectivity index (χ4v) is 2.96. The Balaban J connectivity index is 2.76. The van der Waals surface area contributed by atoms with Gasteiger partial charge >= 0.3 is 0 Å². The number of nitrogens with one attached hydrogen (secondary N) is 1. The zero-order valence-corrected chi connectivity index (χ0v) is 10.9. The second kappa shape index (κ2) is 4.59. The molecule has 1 heterocycles. The Morgan fingerprint density at radius 3 is 2.56 bits per heavy atom. The smallest absolute Gasteiger partial charge is 0.251 e. The van der Waals surface area contributed by atoms with Gasteiger partial charge in [-0.05, 0) is 20.3 Å². The summed E-state index contributed by atoms with van der Waals surface area (Å²) in [5.41, 5.74) is -0.887. The van der Waals surface area contributed by atoms with Crippen molar-refractivity contribution in [3.8, 4) is 0 Å². The van der Waals surface area contributed by atoms with E-state index < -0.39 is 5.60 Å². The molecule has 2 N–H and O–H groups in total. The number of rotatable bonds is 4.